The van der Waals surface area contributed by atoms with Gasteiger partial charge in [0.2, 0.25) is 0 Å². The highest BCUT2D eigenvalue weighted by molar-refractivity contribution is 7.09. The average molecular weight is 307 g/mol. The molecule has 0 atom stereocenters. The fourth-order valence-corrected chi connectivity index (χ4v) is 2.40. The van der Waals surface area contributed by atoms with Crippen LogP contribution in [0.2, 0.25) is 0 Å². The molecule has 0 fully saturated rings. The van der Waals surface area contributed by atoms with Gasteiger partial charge in [-0.3, -0.25) is 20.8 Å². The van der Waals surface area contributed by atoms with Crippen LogP contribution in [-0.4, -0.2) is 15.8 Å². The lowest BCUT2D eigenvalue weighted by Gasteiger charge is -2.09. The van der Waals surface area contributed by atoms with Gasteiger partial charge in [0.25, 0.3) is 11.6 Å². The minimum absolute atomic E-state index is 0.0190. The van der Waals surface area contributed by atoms with Crippen molar-refractivity contribution in [3.8, 4) is 0 Å². The number of para-hydroxylation sites is 1. The van der Waals surface area contributed by atoms with Crippen molar-refractivity contribution in [3.05, 3.63) is 50.0 Å². The van der Waals surface area contributed by atoms with E-state index in [0.717, 1.165) is 10.7 Å². The topological polar surface area (TPSA) is 123 Å². The number of carbonyl (C=O) groups is 1. The maximum absolute atomic E-state index is 12.1. The van der Waals surface area contributed by atoms with E-state index in [9.17, 15) is 14.9 Å². The number of nitrogens with two attached hydrogens (primary N) is 1. The number of anilines is 1. The summed E-state index contributed by atoms with van der Waals surface area (Å²) >= 11 is 1.48. The molecule has 1 aromatic heterocycles. The van der Waals surface area contributed by atoms with Crippen LogP contribution >= 0.6 is 11.3 Å². The molecule has 21 heavy (non-hydrogen) atoms. The number of nitrogens with zero attached hydrogens (tertiary/aromatic N) is 2. The number of rotatable bonds is 5. The first-order valence-corrected chi connectivity index (χ1v) is 6.84. The summed E-state index contributed by atoms with van der Waals surface area (Å²) in [6, 6.07) is 4.17. The molecule has 0 aliphatic rings. The van der Waals surface area contributed by atoms with Gasteiger partial charge in [0, 0.05) is 11.4 Å². The molecule has 2 rings (SSSR count). The van der Waals surface area contributed by atoms with Crippen LogP contribution in [0.1, 0.15) is 21.1 Å². The zero-order valence-corrected chi connectivity index (χ0v) is 11.9. The molecule has 1 amide bonds. The highest BCUT2D eigenvalue weighted by Crippen LogP contribution is 2.27. The summed E-state index contributed by atoms with van der Waals surface area (Å²) < 4.78 is 0. The lowest BCUT2D eigenvalue weighted by atomic mass is 10.1. The van der Waals surface area contributed by atoms with Gasteiger partial charge in [-0.05, 0) is 13.0 Å². The van der Waals surface area contributed by atoms with E-state index in [2.05, 4.69) is 15.7 Å². The van der Waals surface area contributed by atoms with Gasteiger partial charge in [0.05, 0.1) is 27.7 Å². The number of nitro groups is 1. The summed E-state index contributed by atoms with van der Waals surface area (Å²) in [6.45, 7) is 2.11. The molecule has 0 aliphatic carbocycles. The molecular weight excluding hydrogens is 294 g/mol. The van der Waals surface area contributed by atoms with Gasteiger partial charge in [-0.1, -0.05) is 6.07 Å². The number of aromatic nitrogens is 1. The molecule has 0 spiro atoms. The Bertz CT molecular complexity index is 685. The minimum Gasteiger partial charge on any atom is -0.346 e. The van der Waals surface area contributed by atoms with Crippen LogP contribution in [-0.2, 0) is 6.54 Å². The number of hydrogen-bond donors (Lipinski definition) is 3. The Morgan fingerprint density at radius 1 is 1.52 bits per heavy atom. The number of thiazole rings is 1. The third kappa shape index (κ3) is 3.33. The third-order valence-electron chi connectivity index (χ3n) is 2.72. The van der Waals surface area contributed by atoms with Gasteiger partial charge in [-0.25, -0.2) is 4.98 Å². The molecule has 0 saturated heterocycles. The highest BCUT2D eigenvalue weighted by atomic mass is 32.1. The van der Waals surface area contributed by atoms with Crippen molar-refractivity contribution in [2.24, 2.45) is 5.84 Å². The first-order chi connectivity index (χ1) is 10.0. The summed E-state index contributed by atoms with van der Waals surface area (Å²) in [5, 5.41) is 16.3. The van der Waals surface area contributed by atoms with Gasteiger partial charge in [0.1, 0.15) is 5.69 Å². The van der Waals surface area contributed by atoms with Gasteiger partial charge in [-0.15, -0.1) is 11.3 Å². The first kappa shape index (κ1) is 14.9. The Morgan fingerprint density at radius 3 is 2.86 bits per heavy atom. The SMILES string of the molecule is Cc1nc(CNC(=O)c2cccc([N+](=O)[O-])c2NN)cs1. The Balaban J connectivity index is 2.19. The van der Waals surface area contributed by atoms with Crippen LogP contribution < -0.4 is 16.6 Å². The minimum atomic E-state index is -0.601. The predicted octanol–water partition coefficient (Wildman–Crippen LogP) is 1.58. The largest absolute Gasteiger partial charge is 0.346 e. The molecule has 0 saturated carbocycles. The van der Waals surface area contributed by atoms with Crippen LogP contribution in [0.4, 0.5) is 11.4 Å². The Hall–Kier alpha value is -2.52. The number of benzene rings is 1. The van der Waals surface area contributed by atoms with E-state index in [-0.39, 0.29) is 23.5 Å². The van der Waals surface area contributed by atoms with E-state index >= 15 is 0 Å². The molecule has 4 N–H and O–H groups in total. The second-order valence-corrected chi connectivity index (χ2v) is 5.20. The summed E-state index contributed by atoms with van der Waals surface area (Å²) in [5.74, 6) is 4.83. The fraction of sp³-hybridized carbons (Fsp3) is 0.167. The van der Waals surface area contributed by atoms with Crippen LogP contribution in [0.3, 0.4) is 0 Å². The number of nitrogen functional groups attached to an aromatic ring is 1. The molecule has 0 radical (unpaired) electrons. The van der Waals surface area contributed by atoms with Crippen LogP contribution in [0, 0.1) is 17.0 Å². The normalized spacial score (nSPS) is 10.2. The molecule has 110 valence electrons. The maximum Gasteiger partial charge on any atom is 0.294 e. The molecule has 1 aromatic carbocycles. The Kier molecular flexibility index (Phi) is 4.45. The predicted molar refractivity (Wildman–Crippen MR) is 78.9 cm³/mol. The van der Waals surface area contributed by atoms with Gasteiger partial charge >= 0.3 is 0 Å². The quantitative estimate of drug-likeness (QED) is 0.438. The second kappa shape index (κ2) is 6.29. The second-order valence-electron chi connectivity index (χ2n) is 4.14. The molecule has 0 unspecified atom stereocenters. The monoisotopic (exact) mass is 307 g/mol. The van der Waals surface area contributed by atoms with Crippen molar-refractivity contribution in [2.75, 3.05) is 5.43 Å². The van der Waals surface area contributed by atoms with E-state index in [1.807, 2.05) is 12.3 Å². The number of aryl methyl sites for hydroxylation is 1. The van der Waals surface area contributed by atoms with Crippen LogP contribution in [0.15, 0.2) is 23.6 Å². The van der Waals surface area contributed by atoms with Gasteiger partial charge in [-0.2, -0.15) is 0 Å². The zero-order valence-electron chi connectivity index (χ0n) is 11.1. The lowest BCUT2D eigenvalue weighted by molar-refractivity contribution is -0.384. The molecule has 1 heterocycles. The average Bonchev–Trinajstić information content (AvgIpc) is 2.89. The summed E-state index contributed by atoms with van der Waals surface area (Å²) in [6.07, 6.45) is 0. The van der Waals surface area contributed by atoms with Gasteiger partial charge in [0.15, 0.2) is 0 Å². The summed E-state index contributed by atoms with van der Waals surface area (Å²) in [5.41, 5.74) is 2.78. The number of nitrogens with one attached hydrogen (secondary N) is 2. The Morgan fingerprint density at radius 2 is 2.29 bits per heavy atom. The van der Waals surface area contributed by atoms with Crippen molar-refractivity contribution >= 4 is 28.6 Å². The number of carbonyl (C=O) groups excluding carboxylic acids is 1. The summed E-state index contributed by atoms with van der Waals surface area (Å²) in [7, 11) is 0. The smallest absolute Gasteiger partial charge is 0.294 e. The number of nitro benzene ring substituents is 1. The maximum atomic E-state index is 12.1. The van der Waals surface area contributed by atoms with E-state index in [1.165, 1.54) is 29.5 Å². The lowest BCUT2D eigenvalue weighted by Crippen LogP contribution is -2.25. The number of hydrogen-bond acceptors (Lipinski definition) is 7. The van der Waals surface area contributed by atoms with Gasteiger partial charge < -0.3 is 10.7 Å². The molecule has 0 aliphatic heterocycles. The van der Waals surface area contributed by atoms with E-state index in [1.54, 1.807) is 0 Å². The summed E-state index contributed by atoms with van der Waals surface area (Å²) in [4.78, 5) is 26.7. The number of amides is 1. The standard InChI is InChI=1S/C12H13N5O3S/c1-7-15-8(6-21-7)5-14-12(18)9-3-2-4-10(17(19)20)11(9)16-13/h2-4,6,16H,5,13H2,1H3,(H,14,18). The number of hydrazine groups is 1. The molecule has 9 heteroatoms. The first-order valence-electron chi connectivity index (χ1n) is 5.96. The third-order valence-corrected chi connectivity index (χ3v) is 3.55. The van der Waals surface area contributed by atoms with E-state index in [4.69, 9.17) is 5.84 Å². The molecule has 0 bridgehead atoms. The molecular formula is C12H13N5O3S. The molecule has 8 nitrogen and oxygen atoms in total. The van der Waals surface area contributed by atoms with E-state index < -0.39 is 10.8 Å². The Labute approximate surface area is 124 Å². The zero-order chi connectivity index (χ0) is 15.4. The van der Waals surface area contributed by atoms with Crippen LogP contribution in [0.25, 0.3) is 0 Å². The highest BCUT2D eigenvalue weighted by Gasteiger charge is 2.20. The van der Waals surface area contributed by atoms with Crippen molar-refractivity contribution in [1.29, 1.82) is 0 Å². The van der Waals surface area contributed by atoms with Crippen molar-refractivity contribution in [2.45, 2.75) is 13.5 Å². The molecule has 2 aromatic rings. The van der Waals surface area contributed by atoms with E-state index in [0.29, 0.717) is 0 Å². The van der Waals surface area contributed by atoms with Crippen molar-refractivity contribution < 1.29 is 9.72 Å². The van der Waals surface area contributed by atoms with Crippen molar-refractivity contribution in [3.63, 3.8) is 0 Å². The van der Waals surface area contributed by atoms with Crippen molar-refractivity contribution in [1.82, 2.24) is 10.3 Å². The fourth-order valence-electron chi connectivity index (χ4n) is 1.79. The van der Waals surface area contributed by atoms with Crippen LogP contribution in [0.5, 0.6) is 0 Å².